The normalized spacial score (nSPS) is 11.1. The topological polar surface area (TPSA) is 88.5 Å². The second-order valence-corrected chi connectivity index (χ2v) is 8.25. The fourth-order valence-corrected chi connectivity index (χ4v) is 4.00. The highest BCUT2D eigenvalue weighted by Crippen LogP contribution is 2.29. The Balaban J connectivity index is 1.52. The van der Waals surface area contributed by atoms with Crippen LogP contribution in [0.1, 0.15) is 15.9 Å². The van der Waals surface area contributed by atoms with E-state index < -0.39 is 0 Å². The van der Waals surface area contributed by atoms with Crippen LogP contribution in [0.3, 0.4) is 0 Å². The molecule has 0 saturated heterocycles. The Bertz CT molecular complexity index is 1430. The first kappa shape index (κ1) is 20.4. The summed E-state index contributed by atoms with van der Waals surface area (Å²) in [7, 11) is 0. The van der Waals surface area contributed by atoms with Crippen LogP contribution in [0.2, 0.25) is 5.02 Å². The number of benzene rings is 2. The second kappa shape index (κ2) is 8.57. The van der Waals surface area contributed by atoms with Crippen molar-refractivity contribution in [2.75, 3.05) is 0 Å². The van der Waals surface area contributed by atoms with Gasteiger partial charge in [0.2, 0.25) is 0 Å². The summed E-state index contributed by atoms with van der Waals surface area (Å²) in [6.07, 6.45) is 1.65. The van der Waals surface area contributed by atoms with Gasteiger partial charge in [-0.1, -0.05) is 48.0 Å². The number of H-pyrrole nitrogens is 1. The third-order valence-corrected chi connectivity index (χ3v) is 5.60. The summed E-state index contributed by atoms with van der Waals surface area (Å²) >= 11 is 9.75. The second-order valence-electron chi connectivity index (χ2n) is 7.03. The quantitative estimate of drug-likeness (QED) is 0.344. The molecular formula is C23H16BrClN6O. The minimum atomic E-state index is -0.194. The number of halogens is 2. The van der Waals surface area contributed by atoms with Crippen molar-refractivity contribution >= 4 is 44.5 Å². The standard InChI is InChI=1S/C23H16BrClN6O/c24-19-12-18(31(30-19)22-16(25)9-5-11-26-22)21-28-17-10-4-8-15(20(17)29-21)23(32)27-13-14-6-2-1-3-7-14/h1-12H,13H2,(H,27,32)(H,28,29). The highest BCUT2D eigenvalue weighted by molar-refractivity contribution is 9.10. The molecule has 158 valence electrons. The summed E-state index contributed by atoms with van der Waals surface area (Å²) in [5.74, 6) is 0.833. The third kappa shape index (κ3) is 3.90. The molecule has 0 spiro atoms. The first-order valence-electron chi connectivity index (χ1n) is 9.78. The largest absolute Gasteiger partial charge is 0.348 e. The number of amides is 1. The summed E-state index contributed by atoms with van der Waals surface area (Å²) in [4.78, 5) is 25.2. The number of imidazole rings is 1. The van der Waals surface area contributed by atoms with Crippen molar-refractivity contribution in [2.24, 2.45) is 0 Å². The number of carbonyl (C=O) groups is 1. The SMILES string of the molecule is O=C(NCc1ccccc1)c1cccc2[nH]c(-c3cc(Br)nn3-c3ncccc3Cl)nc12. The first-order chi connectivity index (χ1) is 15.6. The molecule has 5 aromatic rings. The molecule has 3 aromatic heterocycles. The lowest BCUT2D eigenvalue weighted by molar-refractivity contribution is 0.0952. The van der Waals surface area contributed by atoms with E-state index >= 15 is 0 Å². The number of hydrogen-bond acceptors (Lipinski definition) is 4. The maximum Gasteiger partial charge on any atom is 0.253 e. The lowest BCUT2D eigenvalue weighted by Gasteiger charge is -2.06. The zero-order valence-electron chi connectivity index (χ0n) is 16.6. The van der Waals surface area contributed by atoms with Crippen molar-refractivity contribution in [2.45, 2.75) is 6.54 Å². The summed E-state index contributed by atoms with van der Waals surface area (Å²) < 4.78 is 2.22. The Morgan fingerprint density at radius 1 is 1.09 bits per heavy atom. The van der Waals surface area contributed by atoms with Gasteiger partial charge in [-0.15, -0.1) is 0 Å². The van der Waals surface area contributed by atoms with E-state index in [1.165, 1.54) is 0 Å². The van der Waals surface area contributed by atoms with E-state index in [1.54, 1.807) is 29.1 Å². The van der Waals surface area contributed by atoms with Crippen LogP contribution >= 0.6 is 27.5 Å². The number of rotatable bonds is 5. The first-order valence-corrected chi connectivity index (χ1v) is 10.9. The van der Waals surface area contributed by atoms with Gasteiger partial charge in [-0.05, 0) is 45.8 Å². The average molecular weight is 508 g/mol. The average Bonchev–Trinajstić information content (AvgIpc) is 3.41. The number of aromatic amines is 1. The van der Waals surface area contributed by atoms with Crippen LogP contribution in [-0.2, 0) is 6.54 Å². The predicted octanol–water partition coefficient (Wildman–Crippen LogP) is 5.16. The fourth-order valence-electron chi connectivity index (χ4n) is 3.43. The van der Waals surface area contributed by atoms with Crippen molar-refractivity contribution in [3.8, 4) is 17.3 Å². The van der Waals surface area contributed by atoms with Crippen molar-refractivity contribution in [1.82, 2.24) is 30.0 Å². The Labute approximate surface area is 196 Å². The molecule has 0 aliphatic carbocycles. The molecule has 2 aromatic carbocycles. The van der Waals surface area contributed by atoms with Gasteiger partial charge in [0.05, 0.1) is 16.1 Å². The maximum atomic E-state index is 12.9. The number of nitrogens with one attached hydrogen (secondary N) is 2. The molecule has 1 amide bonds. The number of fused-ring (bicyclic) bond motifs is 1. The molecule has 0 atom stereocenters. The van der Waals surface area contributed by atoms with Crippen LogP contribution in [0.25, 0.3) is 28.4 Å². The van der Waals surface area contributed by atoms with E-state index in [0.717, 1.165) is 11.1 Å². The Morgan fingerprint density at radius 2 is 1.94 bits per heavy atom. The molecule has 9 heteroatoms. The van der Waals surface area contributed by atoms with Gasteiger partial charge in [0, 0.05) is 18.8 Å². The lowest BCUT2D eigenvalue weighted by Crippen LogP contribution is -2.23. The number of hydrogen-bond donors (Lipinski definition) is 2. The van der Waals surface area contributed by atoms with Gasteiger partial charge >= 0.3 is 0 Å². The molecule has 32 heavy (non-hydrogen) atoms. The van der Waals surface area contributed by atoms with Crippen molar-refractivity contribution in [1.29, 1.82) is 0 Å². The van der Waals surface area contributed by atoms with Gasteiger partial charge in [-0.3, -0.25) is 4.79 Å². The van der Waals surface area contributed by atoms with Crippen LogP contribution in [0.15, 0.2) is 77.5 Å². The summed E-state index contributed by atoms with van der Waals surface area (Å²) in [6.45, 7) is 0.436. The van der Waals surface area contributed by atoms with Gasteiger partial charge in [-0.2, -0.15) is 5.10 Å². The maximum absolute atomic E-state index is 12.9. The molecule has 5 rings (SSSR count). The van der Waals surface area contributed by atoms with E-state index in [1.807, 2.05) is 48.5 Å². The van der Waals surface area contributed by atoms with Crippen LogP contribution in [-0.4, -0.2) is 30.6 Å². The van der Waals surface area contributed by atoms with Crippen molar-refractivity contribution in [3.05, 3.63) is 93.7 Å². The van der Waals surface area contributed by atoms with Gasteiger partial charge in [0.15, 0.2) is 11.6 Å². The Hall–Kier alpha value is -3.49. The van der Waals surface area contributed by atoms with Gasteiger partial charge < -0.3 is 10.3 Å². The van der Waals surface area contributed by atoms with E-state index in [2.05, 4.69) is 36.3 Å². The Kier molecular flexibility index (Phi) is 5.46. The van der Waals surface area contributed by atoms with Gasteiger partial charge in [0.1, 0.15) is 15.8 Å². The number of pyridine rings is 1. The van der Waals surface area contributed by atoms with E-state index in [-0.39, 0.29) is 5.91 Å². The van der Waals surface area contributed by atoms with Crippen LogP contribution in [0.5, 0.6) is 0 Å². The molecule has 0 fully saturated rings. The summed E-state index contributed by atoms with van der Waals surface area (Å²) in [5, 5.41) is 7.88. The highest BCUT2D eigenvalue weighted by Gasteiger charge is 2.19. The number of aromatic nitrogens is 5. The van der Waals surface area contributed by atoms with Gasteiger partial charge in [0.25, 0.3) is 5.91 Å². The Morgan fingerprint density at radius 3 is 2.75 bits per heavy atom. The molecule has 0 saturated carbocycles. The van der Waals surface area contributed by atoms with E-state index in [9.17, 15) is 4.79 Å². The van der Waals surface area contributed by atoms with E-state index in [4.69, 9.17) is 16.6 Å². The zero-order valence-corrected chi connectivity index (χ0v) is 18.9. The molecule has 0 unspecified atom stereocenters. The summed E-state index contributed by atoms with van der Waals surface area (Å²) in [6, 6.07) is 20.5. The molecule has 0 aliphatic heterocycles. The molecule has 0 radical (unpaired) electrons. The minimum Gasteiger partial charge on any atom is -0.348 e. The molecule has 0 aliphatic rings. The lowest BCUT2D eigenvalue weighted by atomic mass is 10.1. The van der Waals surface area contributed by atoms with Crippen molar-refractivity contribution < 1.29 is 4.79 Å². The predicted molar refractivity (Wildman–Crippen MR) is 127 cm³/mol. The number of nitrogens with zero attached hydrogens (tertiary/aromatic N) is 4. The zero-order chi connectivity index (χ0) is 22.1. The molecule has 2 N–H and O–H groups in total. The van der Waals surface area contributed by atoms with Crippen LogP contribution in [0.4, 0.5) is 0 Å². The monoisotopic (exact) mass is 506 g/mol. The van der Waals surface area contributed by atoms with Gasteiger partial charge in [-0.25, -0.2) is 14.6 Å². The van der Waals surface area contributed by atoms with E-state index in [0.29, 0.717) is 44.6 Å². The summed E-state index contributed by atoms with van der Waals surface area (Å²) in [5.41, 5.74) is 3.48. The van der Waals surface area contributed by atoms with Crippen LogP contribution in [0, 0.1) is 0 Å². The smallest absolute Gasteiger partial charge is 0.253 e. The highest BCUT2D eigenvalue weighted by atomic mass is 79.9. The third-order valence-electron chi connectivity index (χ3n) is 4.92. The number of carbonyl (C=O) groups excluding carboxylic acids is 1. The van der Waals surface area contributed by atoms with Crippen molar-refractivity contribution in [3.63, 3.8) is 0 Å². The minimum absolute atomic E-state index is 0.194. The number of para-hydroxylation sites is 1. The fraction of sp³-hybridized carbons (Fsp3) is 0.0435. The molecule has 3 heterocycles. The van der Waals surface area contributed by atoms with Crippen LogP contribution < -0.4 is 5.32 Å². The molecular weight excluding hydrogens is 492 g/mol. The molecule has 7 nitrogen and oxygen atoms in total. The molecule has 0 bridgehead atoms.